The zero-order valence-corrected chi connectivity index (χ0v) is 16.8. The molecule has 0 aliphatic carbocycles. The summed E-state index contributed by atoms with van der Waals surface area (Å²) in [6.07, 6.45) is 3.67. The van der Waals surface area contributed by atoms with Crippen LogP contribution in [-0.4, -0.2) is 29.5 Å². The Kier molecular flexibility index (Phi) is 6.59. The molecule has 142 valence electrons. The molecule has 0 spiro atoms. The lowest BCUT2D eigenvalue weighted by molar-refractivity contribution is 0.572. The molecule has 6 nitrogen and oxygen atoms in total. The minimum atomic E-state index is 0.556. The topological polar surface area (TPSA) is 75.3 Å². The fourth-order valence-electron chi connectivity index (χ4n) is 2.58. The molecule has 2 aromatic heterocycles. The van der Waals surface area contributed by atoms with Crippen molar-refractivity contribution in [1.29, 1.82) is 0 Å². The predicted molar refractivity (Wildman–Crippen MR) is 110 cm³/mol. The van der Waals surface area contributed by atoms with Crippen molar-refractivity contribution in [2.45, 2.75) is 33.2 Å². The third-order valence-electron chi connectivity index (χ3n) is 4.04. The molecule has 0 atom stereocenters. The third kappa shape index (κ3) is 5.65. The summed E-state index contributed by atoms with van der Waals surface area (Å²) in [5.41, 5.74) is 4.13. The average molecular weight is 384 g/mol. The lowest BCUT2D eigenvalue weighted by Crippen LogP contribution is -2.37. The molecule has 0 radical (unpaired) electrons. The van der Waals surface area contributed by atoms with E-state index in [-0.39, 0.29) is 0 Å². The van der Waals surface area contributed by atoms with E-state index in [4.69, 9.17) is 4.42 Å². The van der Waals surface area contributed by atoms with Crippen LogP contribution in [0.25, 0.3) is 11.5 Å². The van der Waals surface area contributed by atoms with E-state index in [2.05, 4.69) is 50.0 Å². The van der Waals surface area contributed by atoms with Gasteiger partial charge in [-0.05, 0) is 32.4 Å². The first kappa shape index (κ1) is 19.1. The predicted octanol–water partition coefficient (Wildman–Crippen LogP) is 3.71. The minimum Gasteiger partial charge on any atom is -0.444 e. The molecule has 2 N–H and O–H groups in total. The summed E-state index contributed by atoms with van der Waals surface area (Å²) in [5, 5.41) is 9.86. The van der Waals surface area contributed by atoms with Gasteiger partial charge in [-0.1, -0.05) is 17.7 Å². The monoisotopic (exact) mass is 383 g/mol. The second-order valence-electron chi connectivity index (χ2n) is 6.35. The number of nitrogens with one attached hydrogen (secondary N) is 2. The minimum absolute atomic E-state index is 0.556. The van der Waals surface area contributed by atoms with Crippen LogP contribution in [0.4, 0.5) is 0 Å². The van der Waals surface area contributed by atoms with Crippen LogP contribution in [0.5, 0.6) is 0 Å². The maximum absolute atomic E-state index is 5.59. The second kappa shape index (κ2) is 9.32. The molecule has 0 saturated heterocycles. The maximum Gasteiger partial charge on any atom is 0.226 e. The Bertz CT molecular complexity index is 882. The van der Waals surface area contributed by atoms with Crippen molar-refractivity contribution >= 4 is 17.3 Å². The molecule has 0 bridgehead atoms. The Labute approximate surface area is 163 Å². The van der Waals surface area contributed by atoms with Crippen LogP contribution >= 0.6 is 11.3 Å². The van der Waals surface area contributed by atoms with Gasteiger partial charge in [0, 0.05) is 36.7 Å². The molecule has 0 amide bonds. The van der Waals surface area contributed by atoms with E-state index in [0.717, 1.165) is 42.3 Å². The number of thiazole rings is 1. The number of benzene rings is 1. The lowest BCUT2D eigenvalue weighted by Gasteiger charge is -2.10. The fraction of sp³-hybridized carbons (Fsp3) is 0.350. The summed E-state index contributed by atoms with van der Waals surface area (Å²) in [6.45, 7) is 5.48. The number of oxazole rings is 1. The van der Waals surface area contributed by atoms with Crippen LogP contribution in [0.15, 0.2) is 45.3 Å². The molecule has 7 heteroatoms. The van der Waals surface area contributed by atoms with E-state index in [1.807, 2.05) is 19.1 Å². The van der Waals surface area contributed by atoms with Crippen LogP contribution in [0.2, 0.25) is 0 Å². The van der Waals surface area contributed by atoms with Gasteiger partial charge in [-0.3, -0.25) is 4.99 Å². The van der Waals surface area contributed by atoms with E-state index in [9.17, 15) is 0 Å². The van der Waals surface area contributed by atoms with Crippen LogP contribution in [-0.2, 0) is 13.0 Å². The van der Waals surface area contributed by atoms with Gasteiger partial charge in [-0.25, -0.2) is 9.97 Å². The van der Waals surface area contributed by atoms with E-state index < -0.39 is 0 Å². The lowest BCUT2D eigenvalue weighted by atomic mass is 10.1. The number of nitrogens with zero attached hydrogens (tertiary/aromatic N) is 3. The molecule has 3 rings (SSSR count). The number of guanidine groups is 1. The number of rotatable bonds is 7. The number of hydrogen-bond acceptors (Lipinski definition) is 5. The van der Waals surface area contributed by atoms with Gasteiger partial charge in [0.1, 0.15) is 6.26 Å². The highest BCUT2D eigenvalue weighted by Gasteiger charge is 2.07. The van der Waals surface area contributed by atoms with Crippen LogP contribution < -0.4 is 10.6 Å². The largest absolute Gasteiger partial charge is 0.444 e. The van der Waals surface area contributed by atoms with Gasteiger partial charge in [-0.15, -0.1) is 11.3 Å². The molecule has 0 unspecified atom stereocenters. The summed E-state index contributed by atoms with van der Waals surface area (Å²) in [5.74, 6) is 1.39. The van der Waals surface area contributed by atoms with Crippen molar-refractivity contribution in [3.05, 3.63) is 57.9 Å². The summed E-state index contributed by atoms with van der Waals surface area (Å²) in [4.78, 5) is 13.3. The van der Waals surface area contributed by atoms with Crippen LogP contribution in [0.3, 0.4) is 0 Å². The molecule has 1 aromatic carbocycles. The summed E-state index contributed by atoms with van der Waals surface area (Å²) in [6, 6.07) is 8.14. The highest BCUT2D eigenvalue weighted by Crippen LogP contribution is 2.19. The Balaban J connectivity index is 1.43. The van der Waals surface area contributed by atoms with E-state index in [0.29, 0.717) is 12.4 Å². The summed E-state index contributed by atoms with van der Waals surface area (Å²) < 4.78 is 5.59. The van der Waals surface area contributed by atoms with Crippen molar-refractivity contribution in [2.24, 2.45) is 4.99 Å². The second-order valence-corrected chi connectivity index (χ2v) is 7.29. The van der Waals surface area contributed by atoms with Crippen molar-refractivity contribution in [3.63, 3.8) is 0 Å². The highest BCUT2D eigenvalue weighted by molar-refractivity contribution is 7.09. The van der Waals surface area contributed by atoms with Crippen molar-refractivity contribution in [3.8, 4) is 11.5 Å². The molecular weight excluding hydrogens is 358 g/mol. The van der Waals surface area contributed by atoms with Gasteiger partial charge < -0.3 is 15.1 Å². The van der Waals surface area contributed by atoms with Gasteiger partial charge in [0.25, 0.3) is 0 Å². The van der Waals surface area contributed by atoms with Crippen molar-refractivity contribution in [1.82, 2.24) is 20.6 Å². The molecule has 0 aliphatic rings. The third-order valence-corrected chi connectivity index (χ3v) is 5.06. The molecule has 0 fully saturated rings. The van der Waals surface area contributed by atoms with Crippen LogP contribution in [0.1, 0.15) is 28.4 Å². The Hall–Kier alpha value is -2.67. The normalized spacial score (nSPS) is 11.6. The molecule has 0 aliphatic heterocycles. The average Bonchev–Trinajstić information content (AvgIpc) is 3.31. The number of aromatic nitrogens is 2. The Morgan fingerprint density at radius 1 is 1.15 bits per heavy atom. The van der Waals surface area contributed by atoms with Gasteiger partial charge in [-0.2, -0.15) is 0 Å². The first-order valence-electron chi connectivity index (χ1n) is 9.01. The summed E-state index contributed by atoms with van der Waals surface area (Å²) in [7, 11) is 1.76. The zero-order chi connectivity index (χ0) is 19.1. The van der Waals surface area contributed by atoms with E-state index in [1.165, 1.54) is 10.6 Å². The molecular formula is C20H25N5OS. The summed E-state index contributed by atoms with van der Waals surface area (Å²) >= 11 is 1.72. The van der Waals surface area contributed by atoms with Gasteiger partial charge in [0.05, 0.1) is 17.2 Å². The SMILES string of the molecule is CN=C(NCCCc1nc(C)cs1)NCc1coc(-c2ccc(C)cc2)n1. The molecule has 0 saturated carbocycles. The standard InChI is InChI=1S/C20H25N5OS/c1-14-6-8-16(9-7-14)19-25-17(12-26-19)11-23-20(21-3)22-10-4-5-18-24-15(2)13-27-18/h6-9,12-13H,4-5,10-11H2,1-3H3,(H2,21,22,23). The fourth-order valence-corrected chi connectivity index (χ4v) is 3.39. The highest BCUT2D eigenvalue weighted by atomic mass is 32.1. The quantitative estimate of drug-likeness (QED) is 0.369. The number of aliphatic imine (C=N–C) groups is 1. The van der Waals surface area contributed by atoms with Gasteiger partial charge >= 0.3 is 0 Å². The van der Waals surface area contributed by atoms with E-state index in [1.54, 1.807) is 24.6 Å². The van der Waals surface area contributed by atoms with Crippen LogP contribution in [0, 0.1) is 13.8 Å². The molecule has 27 heavy (non-hydrogen) atoms. The molecule has 2 heterocycles. The number of hydrogen-bond donors (Lipinski definition) is 2. The maximum atomic E-state index is 5.59. The Morgan fingerprint density at radius 3 is 2.67 bits per heavy atom. The van der Waals surface area contributed by atoms with Gasteiger partial charge in [0.2, 0.25) is 5.89 Å². The Morgan fingerprint density at radius 2 is 1.96 bits per heavy atom. The first-order valence-corrected chi connectivity index (χ1v) is 9.89. The van der Waals surface area contributed by atoms with Crippen molar-refractivity contribution in [2.75, 3.05) is 13.6 Å². The first-order chi connectivity index (χ1) is 13.1. The smallest absolute Gasteiger partial charge is 0.226 e. The van der Waals surface area contributed by atoms with Crippen molar-refractivity contribution < 1.29 is 4.42 Å². The zero-order valence-electron chi connectivity index (χ0n) is 16.0. The van der Waals surface area contributed by atoms with Gasteiger partial charge in [0.15, 0.2) is 5.96 Å². The molecule has 3 aromatic rings. The van der Waals surface area contributed by atoms with E-state index >= 15 is 0 Å². The number of aryl methyl sites for hydroxylation is 3.